The van der Waals surface area contributed by atoms with Crippen LogP contribution in [0.1, 0.15) is 24.0 Å². The Morgan fingerprint density at radius 1 is 1.00 bits per heavy atom. The molecule has 0 aliphatic heterocycles. The first-order valence-corrected chi connectivity index (χ1v) is 5.88. The molecule has 0 unspecified atom stereocenters. The molecule has 90 valence electrons. The minimum absolute atomic E-state index is 0.400. The van der Waals surface area contributed by atoms with E-state index in [1.807, 2.05) is 30.4 Å². The van der Waals surface area contributed by atoms with Crippen LogP contribution in [0.5, 0.6) is 0 Å². The molecule has 0 radical (unpaired) electrons. The van der Waals surface area contributed by atoms with E-state index >= 15 is 0 Å². The Morgan fingerprint density at radius 3 is 2.12 bits per heavy atom. The van der Waals surface area contributed by atoms with Crippen molar-refractivity contribution in [3.63, 3.8) is 0 Å². The van der Waals surface area contributed by atoms with Crippen LogP contribution in [0.15, 0.2) is 62.2 Å². The lowest BCUT2D eigenvalue weighted by molar-refractivity contribution is 0.453. The van der Waals surface area contributed by atoms with Crippen LogP contribution in [-0.4, -0.2) is 0 Å². The summed E-state index contributed by atoms with van der Waals surface area (Å²) >= 11 is 0. The van der Waals surface area contributed by atoms with E-state index in [4.69, 9.17) is 5.73 Å². The molecule has 0 aliphatic rings. The highest BCUT2D eigenvalue weighted by Gasteiger charge is 2.26. The maximum Gasteiger partial charge on any atom is 0.0481 e. The zero-order valence-electron chi connectivity index (χ0n) is 10.4. The monoisotopic (exact) mass is 227 g/mol. The summed E-state index contributed by atoms with van der Waals surface area (Å²) in [5.74, 6) is 0. The Hall–Kier alpha value is -1.60. The molecule has 0 fully saturated rings. The van der Waals surface area contributed by atoms with Gasteiger partial charge in [0.15, 0.2) is 0 Å². The van der Waals surface area contributed by atoms with Gasteiger partial charge in [0.1, 0.15) is 0 Å². The van der Waals surface area contributed by atoms with Crippen molar-refractivity contribution in [3.8, 4) is 0 Å². The van der Waals surface area contributed by atoms with E-state index < -0.39 is 5.54 Å². The molecule has 0 saturated carbocycles. The average molecular weight is 227 g/mol. The van der Waals surface area contributed by atoms with Gasteiger partial charge in [-0.1, -0.05) is 42.5 Å². The molecule has 0 atom stereocenters. The van der Waals surface area contributed by atoms with Gasteiger partial charge in [0.25, 0.3) is 0 Å². The van der Waals surface area contributed by atoms with Crippen molar-refractivity contribution in [2.45, 2.75) is 24.8 Å². The minimum Gasteiger partial charge on any atom is -0.321 e. The number of rotatable bonds is 7. The SMILES string of the molecule is C=CCc1ccccc1C(N)(CC=C)CC=C. The summed E-state index contributed by atoms with van der Waals surface area (Å²) in [5.41, 5.74) is 8.49. The summed E-state index contributed by atoms with van der Waals surface area (Å²) in [4.78, 5) is 0. The van der Waals surface area contributed by atoms with Crippen LogP contribution >= 0.6 is 0 Å². The molecule has 0 heterocycles. The minimum atomic E-state index is -0.400. The van der Waals surface area contributed by atoms with E-state index in [1.165, 1.54) is 11.1 Å². The zero-order valence-corrected chi connectivity index (χ0v) is 10.4. The van der Waals surface area contributed by atoms with Gasteiger partial charge in [-0.25, -0.2) is 0 Å². The fourth-order valence-electron chi connectivity index (χ4n) is 2.16. The molecule has 0 aliphatic carbocycles. The molecule has 0 saturated heterocycles. The number of hydrogen-bond donors (Lipinski definition) is 1. The smallest absolute Gasteiger partial charge is 0.0481 e. The molecule has 2 N–H and O–H groups in total. The largest absolute Gasteiger partial charge is 0.321 e. The van der Waals surface area contributed by atoms with Crippen LogP contribution in [-0.2, 0) is 12.0 Å². The molecule has 1 aromatic rings. The molecule has 0 bridgehead atoms. The van der Waals surface area contributed by atoms with Crippen molar-refractivity contribution in [1.29, 1.82) is 0 Å². The van der Waals surface area contributed by atoms with Crippen molar-refractivity contribution in [2.24, 2.45) is 5.73 Å². The van der Waals surface area contributed by atoms with Crippen LogP contribution in [0.3, 0.4) is 0 Å². The number of nitrogens with two attached hydrogens (primary N) is 1. The van der Waals surface area contributed by atoms with Gasteiger partial charge < -0.3 is 5.73 Å². The lowest BCUT2D eigenvalue weighted by Crippen LogP contribution is -2.36. The van der Waals surface area contributed by atoms with E-state index in [-0.39, 0.29) is 0 Å². The molecule has 1 heteroatoms. The Kier molecular flexibility index (Phi) is 4.92. The van der Waals surface area contributed by atoms with Crippen molar-refractivity contribution >= 4 is 0 Å². The van der Waals surface area contributed by atoms with Gasteiger partial charge in [0.05, 0.1) is 0 Å². The molecule has 1 aromatic carbocycles. The highest BCUT2D eigenvalue weighted by Crippen LogP contribution is 2.30. The van der Waals surface area contributed by atoms with Crippen LogP contribution < -0.4 is 5.73 Å². The molecule has 0 amide bonds. The summed E-state index contributed by atoms with van der Waals surface area (Å²) in [6.45, 7) is 11.4. The van der Waals surface area contributed by atoms with Gasteiger partial charge in [0.2, 0.25) is 0 Å². The predicted molar refractivity (Wildman–Crippen MR) is 75.8 cm³/mol. The highest BCUT2D eigenvalue weighted by atomic mass is 14.7. The van der Waals surface area contributed by atoms with Crippen molar-refractivity contribution in [2.75, 3.05) is 0 Å². The van der Waals surface area contributed by atoms with Gasteiger partial charge in [-0.15, -0.1) is 19.7 Å². The lowest BCUT2D eigenvalue weighted by atomic mass is 9.81. The second kappa shape index (κ2) is 6.21. The summed E-state index contributed by atoms with van der Waals surface area (Å²) in [6.07, 6.45) is 7.97. The Balaban J connectivity index is 3.20. The Bertz CT molecular complexity index is 394. The summed E-state index contributed by atoms with van der Waals surface area (Å²) in [5, 5.41) is 0. The molecule has 0 spiro atoms. The van der Waals surface area contributed by atoms with Gasteiger partial charge in [-0.2, -0.15) is 0 Å². The van der Waals surface area contributed by atoms with Crippen molar-refractivity contribution in [1.82, 2.24) is 0 Å². The first kappa shape index (κ1) is 13.5. The second-order valence-corrected chi connectivity index (χ2v) is 4.29. The first-order valence-electron chi connectivity index (χ1n) is 5.88. The standard InChI is InChI=1S/C16H21N/c1-4-9-14-10-7-8-11-15(14)16(17,12-5-2)13-6-3/h4-8,10-11H,1-3,9,12-13,17H2. The normalized spacial score (nSPS) is 10.9. The predicted octanol–water partition coefficient (Wildman–Crippen LogP) is 3.72. The molecular weight excluding hydrogens is 206 g/mol. The third-order valence-electron chi connectivity index (χ3n) is 2.94. The fraction of sp³-hybridized carbons (Fsp3) is 0.250. The van der Waals surface area contributed by atoms with Crippen LogP contribution in [0.25, 0.3) is 0 Å². The van der Waals surface area contributed by atoms with E-state index in [1.54, 1.807) is 0 Å². The quantitative estimate of drug-likeness (QED) is 0.706. The van der Waals surface area contributed by atoms with Crippen molar-refractivity contribution in [3.05, 3.63) is 73.4 Å². The highest BCUT2D eigenvalue weighted by molar-refractivity contribution is 5.36. The van der Waals surface area contributed by atoms with Crippen molar-refractivity contribution < 1.29 is 0 Å². The van der Waals surface area contributed by atoms with Crippen LogP contribution in [0, 0.1) is 0 Å². The molecule has 1 nitrogen and oxygen atoms in total. The average Bonchev–Trinajstić information content (AvgIpc) is 2.31. The third-order valence-corrected chi connectivity index (χ3v) is 2.94. The maximum atomic E-state index is 6.49. The van der Waals surface area contributed by atoms with Crippen LogP contribution in [0.4, 0.5) is 0 Å². The molecular formula is C16H21N. The first-order chi connectivity index (χ1) is 8.18. The van der Waals surface area contributed by atoms with E-state index in [0.29, 0.717) is 0 Å². The van der Waals surface area contributed by atoms with Gasteiger partial charge >= 0.3 is 0 Å². The Morgan fingerprint density at radius 2 is 1.59 bits per heavy atom. The van der Waals surface area contributed by atoms with E-state index in [2.05, 4.69) is 31.9 Å². The molecule has 1 rings (SSSR count). The number of hydrogen-bond acceptors (Lipinski definition) is 1. The Labute approximate surface area is 104 Å². The second-order valence-electron chi connectivity index (χ2n) is 4.29. The summed E-state index contributed by atoms with van der Waals surface area (Å²) < 4.78 is 0. The zero-order chi connectivity index (χ0) is 12.7. The summed E-state index contributed by atoms with van der Waals surface area (Å²) in [7, 11) is 0. The van der Waals surface area contributed by atoms with Gasteiger partial charge in [0, 0.05) is 5.54 Å². The fourth-order valence-corrected chi connectivity index (χ4v) is 2.16. The van der Waals surface area contributed by atoms with Gasteiger partial charge in [-0.3, -0.25) is 0 Å². The van der Waals surface area contributed by atoms with Gasteiger partial charge in [-0.05, 0) is 30.4 Å². The molecule has 17 heavy (non-hydrogen) atoms. The topological polar surface area (TPSA) is 26.0 Å². The molecule has 0 aromatic heterocycles. The number of benzene rings is 1. The van der Waals surface area contributed by atoms with E-state index in [9.17, 15) is 0 Å². The van der Waals surface area contributed by atoms with E-state index in [0.717, 1.165) is 19.3 Å². The summed E-state index contributed by atoms with van der Waals surface area (Å²) in [6, 6.07) is 8.25. The third kappa shape index (κ3) is 3.18. The van der Waals surface area contributed by atoms with Crippen LogP contribution in [0.2, 0.25) is 0 Å². The maximum absolute atomic E-state index is 6.49. The number of allylic oxidation sites excluding steroid dienone is 1. The lowest BCUT2D eigenvalue weighted by Gasteiger charge is -2.30.